The molecule has 0 radical (unpaired) electrons. The molecule has 1 saturated heterocycles. The highest BCUT2D eigenvalue weighted by Crippen LogP contribution is 2.31. The Morgan fingerprint density at radius 3 is 2.67 bits per heavy atom. The van der Waals surface area contributed by atoms with Gasteiger partial charge >= 0.3 is 6.36 Å². The van der Waals surface area contributed by atoms with Gasteiger partial charge in [-0.15, -0.1) is 13.2 Å². The lowest BCUT2D eigenvalue weighted by molar-refractivity contribution is -0.311. The number of ether oxygens (including phenoxy) is 2. The van der Waals surface area contributed by atoms with E-state index in [4.69, 9.17) is 14.9 Å². The molecule has 3 heterocycles. The summed E-state index contributed by atoms with van der Waals surface area (Å²) < 4.78 is 49.9. The average Bonchev–Trinajstić information content (AvgIpc) is 2.85. The third kappa shape index (κ3) is 7.98. The van der Waals surface area contributed by atoms with Gasteiger partial charge in [-0.2, -0.15) is 9.82 Å². The maximum Gasteiger partial charge on any atom is 0.543 e. The number of nitrogens with zero attached hydrogens (tertiary/aromatic N) is 4. The molecule has 0 aliphatic carbocycles. The van der Waals surface area contributed by atoms with Crippen LogP contribution >= 0.6 is 0 Å². The molecule has 0 amide bonds. The molecule has 1 unspecified atom stereocenters. The lowest BCUT2D eigenvalue weighted by atomic mass is 10.1. The highest BCUT2D eigenvalue weighted by atomic mass is 19.4. The quantitative estimate of drug-likeness (QED) is 0.191. The highest BCUT2D eigenvalue weighted by molar-refractivity contribution is 6.06. The Bertz CT molecular complexity index is 1020. The topological polar surface area (TPSA) is 130 Å². The van der Waals surface area contributed by atoms with Crippen LogP contribution in [0.25, 0.3) is 0 Å². The number of halogens is 3. The van der Waals surface area contributed by atoms with Gasteiger partial charge < -0.3 is 30.4 Å². The van der Waals surface area contributed by atoms with Gasteiger partial charge in [0.2, 0.25) is 5.95 Å². The minimum absolute atomic E-state index is 0.0258. The molecule has 1 aliphatic heterocycles. The molecule has 2 aromatic heterocycles. The standard InChI is InChI=1S/C22H31F3N8O3/c1-4-34-11-12-35-15(3)17(26)18-19(32-36-22(23,24)25)20(29-16-13-14(2)5-6-28-16)31-21(30-18)33-9-7-27-8-10-33/h5-6,13,15,26-27,32H,4,7-12H2,1-3H3,(H,28,29,30,31). The van der Waals surface area contributed by atoms with E-state index < -0.39 is 12.5 Å². The molecule has 36 heavy (non-hydrogen) atoms. The summed E-state index contributed by atoms with van der Waals surface area (Å²) in [4.78, 5) is 19.0. The number of nitrogens with one attached hydrogen (secondary N) is 4. The molecule has 2 aromatic rings. The highest BCUT2D eigenvalue weighted by Gasteiger charge is 2.33. The van der Waals surface area contributed by atoms with E-state index in [2.05, 4.69) is 30.4 Å². The molecule has 3 rings (SSSR count). The molecule has 4 N–H and O–H groups in total. The number of piperazine rings is 1. The predicted molar refractivity (Wildman–Crippen MR) is 129 cm³/mol. The average molecular weight is 513 g/mol. The molecule has 198 valence electrons. The van der Waals surface area contributed by atoms with Crippen LogP contribution in [0.1, 0.15) is 25.1 Å². The smallest absolute Gasteiger partial charge is 0.379 e. The van der Waals surface area contributed by atoms with E-state index >= 15 is 0 Å². The minimum atomic E-state index is -4.99. The number of hydrogen-bond donors (Lipinski definition) is 4. The Labute approximate surface area is 207 Å². The van der Waals surface area contributed by atoms with Crippen LogP contribution in [0.3, 0.4) is 0 Å². The second-order valence-electron chi connectivity index (χ2n) is 7.95. The molecular formula is C22H31F3N8O3. The summed E-state index contributed by atoms with van der Waals surface area (Å²) in [6, 6.07) is 3.50. The molecule has 1 atom stereocenters. The summed E-state index contributed by atoms with van der Waals surface area (Å²) in [6.07, 6.45) is -4.23. The summed E-state index contributed by atoms with van der Waals surface area (Å²) in [6.45, 7) is 8.89. The van der Waals surface area contributed by atoms with Crippen LogP contribution in [0.2, 0.25) is 0 Å². The summed E-state index contributed by atoms with van der Waals surface area (Å²) in [5.41, 5.74) is 2.28. The molecule has 0 bridgehead atoms. The summed E-state index contributed by atoms with van der Waals surface area (Å²) >= 11 is 0. The first-order valence-corrected chi connectivity index (χ1v) is 11.5. The lowest BCUT2D eigenvalue weighted by Gasteiger charge is -2.29. The Kier molecular flexibility index (Phi) is 9.75. The molecule has 0 spiro atoms. The molecule has 11 nitrogen and oxygen atoms in total. The fourth-order valence-corrected chi connectivity index (χ4v) is 3.38. The first-order valence-electron chi connectivity index (χ1n) is 11.5. The predicted octanol–water partition coefficient (Wildman–Crippen LogP) is 3.01. The zero-order chi connectivity index (χ0) is 26.1. The van der Waals surface area contributed by atoms with E-state index in [0.29, 0.717) is 45.2 Å². The van der Waals surface area contributed by atoms with E-state index in [0.717, 1.165) is 5.56 Å². The van der Waals surface area contributed by atoms with Crippen molar-refractivity contribution in [2.75, 3.05) is 61.7 Å². The van der Waals surface area contributed by atoms with Gasteiger partial charge in [0.15, 0.2) is 5.82 Å². The van der Waals surface area contributed by atoms with Crippen molar-refractivity contribution in [3.05, 3.63) is 29.6 Å². The van der Waals surface area contributed by atoms with Gasteiger partial charge in [-0.25, -0.2) is 9.97 Å². The number of alkyl halides is 3. The largest absolute Gasteiger partial charge is 0.543 e. The van der Waals surface area contributed by atoms with Gasteiger partial charge in [0.25, 0.3) is 0 Å². The van der Waals surface area contributed by atoms with Crippen LogP contribution in [0.4, 0.5) is 36.4 Å². The van der Waals surface area contributed by atoms with Crippen LogP contribution in [0, 0.1) is 12.3 Å². The molecule has 14 heteroatoms. The second-order valence-corrected chi connectivity index (χ2v) is 7.95. The minimum Gasteiger partial charge on any atom is -0.379 e. The van der Waals surface area contributed by atoms with Crippen molar-refractivity contribution in [1.29, 1.82) is 5.41 Å². The van der Waals surface area contributed by atoms with Gasteiger partial charge in [0.05, 0.1) is 25.0 Å². The van der Waals surface area contributed by atoms with Crippen LogP contribution < -0.4 is 21.0 Å². The van der Waals surface area contributed by atoms with Gasteiger partial charge in [-0.3, -0.25) is 5.48 Å². The lowest BCUT2D eigenvalue weighted by Crippen LogP contribution is -2.44. The Morgan fingerprint density at radius 2 is 2.00 bits per heavy atom. The Balaban J connectivity index is 2.03. The van der Waals surface area contributed by atoms with Crippen molar-refractivity contribution in [2.45, 2.75) is 33.2 Å². The third-order valence-corrected chi connectivity index (χ3v) is 5.19. The molecule has 0 saturated carbocycles. The van der Waals surface area contributed by atoms with Crippen LogP contribution in [-0.4, -0.2) is 79.1 Å². The van der Waals surface area contributed by atoms with E-state index in [1.165, 1.54) is 0 Å². The molecular weight excluding hydrogens is 481 g/mol. The molecule has 0 aromatic carbocycles. The number of anilines is 4. The fourth-order valence-electron chi connectivity index (χ4n) is 3.38. The maximum atomic E-state index is 13.0. The monoisotopic (exact) mass is 512 g/mol. The first-order chi connectivity index (χ1) is 17.2. The zero-order valence-electron chi connectivity index (χ0n) is 20.4. The third-order valence-electron chi connectivity index (χ3n) is 5.19. The molecule has 1 aliphatic rings. The fraction of sp³-hybridized carbons (Fsp3) is 0.545. The number of aromatic nitrogens is 3. The zero-order valence-corrected chi connectivity index (χ0v) is 20.4. The summed E-state index contributed by atoms with van der Waals surface area (Å²) in [5, 5.41) is 14.9. The summed E-state index contributed by atoms with van der Waals surface area (Å²) in [7, 11) is 0. The number of aryl methyl sites for hydroxylation is 1. The number of pyridine rings is 1. The Morgan fingerprint density at radius 1 is 1.25 bits per heavy atom. The van der Waals surface area contributed by atoms with Crippen molar-refractivity contribution in [1.82, 2.24) is 20.3 Å². The van der Waals surface area contributed by atoms with Crippen LogP contribution in [-0.2, 0) is 14.3 Å². The van der Waals surface area contributed by atoms with E-state index in [1.54, 1.807) is 25.3 Å². The Hall–Kier alpha value is -3.07. The maximum absolute atomic E-state index is 13.0. The van der Waals surface area contributed by atoms with E-state index in [1.807, 2.05) is 24.2 Å². The SMILES string of the molecule is CCOCCOC(C)C(=N)c1nc(N2CCNCC2)nc(Nc2cc(C)ccn2)c1NOC(F)(F)F. The first kappa shape index (κ1) is 27.5. The van der Waals surface area contributed by atoms with Crippen LogP contribution in [0.15, 0.2) is 18.3 Å². The van der Waals surface area contributed by atoms with Crippen molar-refractivity contribution < 1.29 is 27.5 Å². The van der Waals surface area contributed by atoms with Crippen molar-refractivity contribution in [3.63, 3.8) is 0 Å². The summed E-state index contributed by atoms with van der Waals surface area (Å²) in [5.74, 6) is 0.584. The van der Waals surface area contributed by atoms with Crippen molar-refractivity contribution in [2.24, 2.45) is 0 Å². The van der Waals surface area contributed by atoms with Gasteiger partial charge in [0, 0.05) is 39.0 Å². The van der Waals surface area contributed by atoms with E-state index in [-0.39, 0.29) is 35.5 Å². The number of hydrogen-bond acceptors (Lipinski definition) is 11. The van der Waals surface area contributed by atoms with Gasteiger partial charge in [-0.05, 0) is 38.5 Å². The van der Waals surface area contributed by atoms with Crippen molar-refractivity contribution >= 4 is 29.0 Å². The molecule has 1 fully saturated rings. The van der Waals surface area contributed by atoms with E-state index in [9.17, 15) is 13.2 Å². The van der Waals surface area contributed by atoms with Gasteiger partial charge in [-0.1, -0.05) is 0 Å². The van der Waals surface area contributed by atoms with Crippen LogP contribution in [0.5, 0.6) is 0 Å². The normalized spacial score (nSPS) is 15.0. The second kappa shape index (κ2) is 12.8. The number of rotatable bonds is 12. The van der Waals surface area contributed by atoms with Crippen molar-refractivity contribution in [3.8, 4) is 0 Å². The van der Waals surface area contributed by atoms with Gasteiger partial charge in [0.1, 0.15) is 17.2 Å².